The molecule has 2 fully saturated rings. The highest BCUT2D eigenvalue weighted by atomic mass is 16.5. The second-order valence-electron chi connectivity index (χ2n) is 4.86. The summed E-state index contributed by atoms with van der Waals surface area (Å²) in [6, 6.07) is 0. The van der Waals surface area contributed by atoms with Crippen molar-refractivity contribution in [1.82, 2.24) is 5.32 Å². The molecule has 1 aliphatic carbocycles. The Kier molecular flexibility index (Phi) is 2.52. The number of esters is 1. The van der Waals surface area contributed by atoms with E-state index in [1.165, 1.54) is 26.4 Å². The normalized spacial score (nSPS) is 38.0. The van der Waals surface area contributed by atoms with Crippen LogP contribution in [0.15, 0.2) is 0 Å². The van der Waals surface area contributed by atoms with E-state index in [4.69, 9.17) is 4.74 Å². The van der Waals surface area contributed by atoms with Gasteiger partial charge in [0.1, 0.15) is 5.54 Å². The fraction of sp³-hybridized carbons (Fsp3) is 0.909. The Morgan fingerprint density at radius 3 is 2.64 bits per heavy atom. The average Bonchev–Trinajstić information content (AvgIpc) is 2.45. The van der Waals surface area contributed by atoms with E-state index < -0.39 is 5.54 Å². The molecule has 14 heavy (non-hydrogen) atoms. The Hall–Kier alpha value is -0.570. The smallest absolute Gasteiger partial charge is 0.325 e. The van der Waals surface area contributed by atoms with Crippen LogP contribution in [0.5, 0.6) is 0 Å². The monoisotopic (exact) mass is 197 g/mol. The van der Waals surface area contributed by atoms with Crippen LogP contribution < -0.4 is 5.32 Å². The number of ether oxygens (including phenoxy) is 1. The molecule has 0 aromatic carbocycles. The van der Waals surface area contributed by atoms with E-state index in [-0.39, 0.29) is 5.97 Å². The Morgan fingerprint density at radius 1 is 1.43 bits per heavy atom. The molecule has 0 spiro atoms. The van der Waals surface area contributed by atoms with Gasteiger partial charge in [-0.2, -0.15) is 0 Å². The molecule has 1 aliphatic heterocycles. The van der Waals surface area contributed by atoms with Gasteiger partial charge in [0.05, 0.1) is 7.11 Å². The van der Waals surface area contributed by atoms with Crippen LogP contribution in [-0.2, 0) is 9.53 Å². The minimum Gasteiger partial charge on any atom is -0.468 e. The Balaban J connectivity index is 1.95. The van der Waals surface area contributed by atoms with E-state index in [9.17, 15) is 4.79 Å². The van der Waals surface area contributed by atoms with E-state index in [0.717, 1.165) is 18.9 Å². The molecule has 1 saturated heterocycles. The van der Waals surface area contributed by atoms with Crippen molar-refractivity contribution in [1.29, 1.82) is 0 Å². The van der Waals surface area contributed by atoms with Crippen molar-refractivity contribution in [2.75, 3.05) is 13.7 Å². The minimum atomic E-state index is -0.422. The van der Waals surface area contributed by atoms with Crippen molar-refractivity contribution in [2.45, 2.75) is 38.1 Å². The predicted octanol–water partition coefficient (Wildman–Crippen LogP) is 1.33. The van der Waals surface area contributed by atoms with Gasteiger partial charge in [-0.1, -0.05) is 19.3 Å². The lowest BCUT2D eigenvalue weighted by molar-refractivity contribution is -0.147. The summed E-state index contributed by atoms with van der Waals surface area (Å²) < 4.78 is 4.82. The zero-order valence-electron chi connectivity index (χ0n) is 9.01. The largest absolute Gasteiger partial charge is 0.468 e. The predicted molar refractivity (Wildman–Crippen MR) is 53.9 cm³/mol. The summed E-state index contributed by atoms with van der Waals surface area (Å²) in [6.07, 6.45) is 5.02. The molecule has 2 aliphatic rings. The van der Waals surface area contributed by atoms with Gasteiger partial charge in [0.2, 0.25) is 0 Å². The summed E-state index contributed by atoms with van der Waals surface area (Å²) >= 11 is 0. The Morgan fingerprint density at radius 2 is 2.14 bits per heavy atom. The summed E-state index contributed by atoms with van der Waals surface area (Å²) in [4.78, 5) is 11.5. The molecule has 80 valence electrons. The maximum atomic E-state index is 11.5. The van der Waals surface area contributed by atoms with Crippen molar-refractivity contribution < 1.29 is 9.53 Å². The van der Waals surface area contributed by atoms with Crippen LogP contribution in [0.3, 0.4) is 0 Å². The first-order valence-electron chi connectivity index (χ1n) is 5.49. The summed E-state index contributed by atoms with van der Waals surface area (Å²) in [5.74, 6) is 1.43. The van der Waals surface area contributed by atoms with Crippen LogP contribution >= 0.6 is 0 Å². The molecule has 2 atom stereocenters. The topological polar surface area (TPSA) is 38.3 Å². The van der Waals surface area contributed by atoms with E-state index in [2.05, 4.69) is 5.32 Å². The number of methoxy groups -OCH3 is 1. The van der Waals surface area contributed by atoms with Crippen molar-refractivity contribution in [3.8, 4) is 0 Å². The van der Waals surface area contributed by atoms with E-state index in [1.807, 2.05) is 6.92 Å². The van der Waals surface area contributed by atoms with Gasteiger partial charge in [-0.3, -0.25) is 4.79 Å². The molecule has 1 saturated carbocycles. The van der Waals surface area contributed by atoms with Gasteiger partial charge in [0.25, 0.3) is 0 Å². The van der Waals surface area contributed by atoms with Gasteiger partial charge in [0.15, 0.2) is 0 Å². The Bertz CT molecular complexity index is 237. The summed E-state index contributed by atoms with van der Waals surface area (Å²) in [6.45, 7) is 2.94. The summed E-state index contributed by atoms with van der Waals surface area (Å²) in [5.41, 5.74) is -0.422. The van der Waals surface area contributed by atoms with Crippen LogP contribution in [0.25, 0.3) is 0 Å². The lowest BCUT2D eigenvalue weighted by Crippen LogP contribution is -2.45. The standard InChI is InChI=1S/C11H19NO2/c1-11(10(13)14-2)6-9(7-12-11)8-4-3-5-8/h8-9,12H,3-7H2,1-2H3. The van der Waals surface area contributed by atoms with Gasteiger partial charge in [-0.05, 0) is 31.7 Å². The van der Waals surface area contributed by atoms with Crippen LogP contribution in [0.4, 0.5) is 0 Å². The number of hydrogen-bond donors (Lipinski definition) is 1. The molecule has 1 N–H and O–H groups in total. The van der Waals surface area contributed by atoms with Crippen LogP contribution in [0.1, 0.15) is 32.6 Å². The van der Waals surface area contributed by atoms with Crippen molar-refractivity contribution in [2.24, 2.45) is 11.8 Å². The number of carbonyl (C=O) groups excluding carboxylic acids is 1. The lowest BCUT2D eigenvalue weighted by Gasteiger charge is -2.31. The summed E-state index contributed by atoms with van der Waals surface area (Å²) in [5, 5.41) is 3.31. The van der Waals surface area contributed by atoms with Crippen LogP contribution in [0, 0.1) is 11.8 Å². The third-order valence-corrected chi connectivity index (χ3v) is 3.88. The fourth-order valence-corrected chi connectivity index (χ4v) is 2.65. The first-order chi connectivity index (χ1) is 6.65. The van der Waals surface area contributed by atoms with E-state index >= 15 is 0 Å². The number of rotatable bonds is 2. The van der Waals surface area contributed by atoms with Gasteiger partial charge >= 0.3 is 5.97 Å². The molecule has 1 heterocycles. The molecule has 2 rings (SSSR count). The van der Waals surface area contributed by atoms with Gasteiger partial charge in [0, 0.05) is 0 Å². The molecular weight excluding hydrogens is 178 g/mol. The third-order valence-electron chi connectivity index (χ3n) is 3.88. The molecule has 0 aromatic heterocycles. The maximum absolute atomic E-state index is 11.5. The fourth-order valence-electron chi connectivity index (χ4n) is 2.65. The number of hydrogen-bond acceptors (Lipinski definition) is 3. The lowest BCUT2D eigenvalue weighted by atomic mass is 9.74. The molecular formula is C11H19NO2. The van der Waals surface area contributed by atoms with Gasteiger partial charge < -0.3 is 10.1 Å². The van der Waals surface area contributed by atoms with E-state index in [1.54, 1.807) is 0 Å². The molecule has 0 radical (unpaired) electrons. The quantitative estimate of drug-likeness (QED) is 0.679. The maximum Gasteiger partial charge on any atom is 0.325 e. The first-order valence-corrected chi connectivity index (χ1v) is 5.49. The second kappa shape index (κ2) is 3.54. The van der Waals surface area contributed by atoms with Crippen molar-refractivity contribution in [3.63, 3.8) is 0 Å². The van der Waals surface area contributed by atoms with Gasteiger partial charge in [-0.15, -0.1) is 0 Å². The van der Waals surface area contributed by atoms with Crippen LogP contribution in [0.2, 0.25) is 0 Å². The highest BCUT2D eigenvalue weighted by molar-refractivity contribution is 5.80. The number of carbonyl (C=O) groups is 1. The zero-order valence-corrected chi connectivity index (χ0v) is 9.01. The molecule has 0 amide bonds. The second-order valence-corrected chi connectivity index (χ2v) is 4.86. The highest BCUT2D eigenvalue weighted by Crippen LogP contribution is 2.40. The molecule has 0 aromatic rings. The SMILES string of the molecule is COC(=O)C1(C)CC(C2CCC2)CN1. The van der Waals surface area contributed by atoms with Crippen molar-refractivity contribution in [3.05, 3.63) is 0 Å². The molecule has 0 bridgehead atoms. The zero-order chi connectivity index (χ0) is 10.2. The summed E-state index contributed by atoms with van der Waals surface area (Å²) in [7, 11) is 1.46. The minimum absolute atomic E-state index is 0.112. The van der Waals surface area contributed by atoms with Crippen molar-refractivity contribution >= 4 is 5.97 Å². The van der Waals surface area contributed by atoms with Gasteiger partial charge in [-0.25, -0.2) is 0 Å². The molecule has 2 unspecified atom stereocenters. The Labute approximate surface area is 85.2 Å². The first kappa shape index (κ1) is 9.97. The third kappa shape index (κ3) is 1.54. The van der Waals surface area contributed by atoms with E-state index in [0.29, 0.717) is 5.92 Å². The average molecular weight is 197 g/mol. The number of nitrogens with one attached hydrogen (secondary N) is 1. The molecule has 3 heteroatoms. The van der Waals surface area contributed by atoms with Crippen LogP contribution in [-0.4, -0.2) is 25.2 Å². The highest BCUT2D eigenvalue weighted by Gasteiger charge is 2.45. The molecule has 3 nitrogen and oxygen atoms in total.